The number of aliphatic carboxylic acids is 1. The molecule has 1 aliphatic rings. The third kappa shape index (κ3) is 4.58. The average Bonchev–Trinajstić information content (AvgIpc) is 2.60. The number of amides is 1. The van der Waals surface area contributed by atoms with Gasteiger partial charge in [-0.15, -0.1) is 0 Å². The summed E-state index contributed by atoms with van der Waals surface area (Å²) >= 11 is 0. The molecule has 0 radical (unpaired) electrons. The van der Waals surface area contributed by atoms with E-state index in [-0.39, 0.29) is 12.8 Å². The Balaban J connectivity index is 0.000000399. The molecule has 0 saturated carbocycles. The van der Waals surface area contributed by atoms with Gasteiger partial charge in [-0.05, 0) is 6.42 Å². The van der Waals surface area contributed by atoms with E-state index in [4.69, 9.17) is 15.6 Å². The van der Waals surface area contributed by atoms with Crippen molar-refractivity contribution in [2.75, 3.05) is 6.54 Å². The molecule has 1 aliphatic heterocycles. The van der Waals surface area contributed by atoms with Crippen LogP contribution in [0.25, 0.3) is 0 Å². The zero-order valence-electron chi connectivity index (χ0n) is 9.23. The number of hydrogen-bond donors (Lipinski definition) is 3. The van der Waals surface area contributed by atoms with Gasteiger partial charge in [-0.3, -0.25) is 4.79 Å². The standard InChI is InChI=1S/C6H9F3N2O.C2HF3O2/c7-6(8,9)5(3-10)2-1-4(12)11-5;3-2(4,5)1(6)7/h1-3,10H2,(H,11,12);(H,6,7). The fourth-order valence-corrected chi connectivity index (χ4v) is 1.20. The first-order valence-corrected chi connectivity index (χ1v) is 4.73. The van der Waals surface area contributed by atoms with E-state index in [0.29, 0.717) is 0 Å². The largest absolute Gasteiger partial charge is 0.490 e. The Morgan fingerprint density at radius 2 is 1.74 bits per heavy atom. The zero-order chi connectivity index (χ0) is 15.5. The van der Waals surface area contributed by atoms with Crippen molar-refractivity contribution in [2.45, 2.75) is 30.7 Å². The molecule has 4 N–H and O–H groups in total. The number of carbonyl (C=O) groups excluding carboxylic acids is 1. The fourth-order valence-electron chi connectivity index (χ4n) is 1.20. The van der Waals surface area contributed by atoms with E-state index in [1.807, 2.05) is 5.32 Å². The molecule has 11 heteroatoms. The summed E-state index contributed by atoms with van der Waals surface area (Å²) < 4.78 is 68.6. The van der Waals surface area contributed by atoms with Crippen LogP contribution in [0.5, 0.6) is 0 Å². The van der Waals surface area contributed by atoms with Crippen molar-refractivity contribution in [1.82, 2.24) is 5.32 Å². The van der Waals surface area contributed by atoms with Crippen molar-refractivity contribution in [3.05, 3.63) is 0 Å². The minimum absolute atomic E-state index is 0.100. The number of alkyl halides is 6. The van der Waals surface area contributed by atoms with Crippen LogP contribution in [0.3, 0.4) is 0 Å². The van der Waals surface area contributed by atoms with Crippen molar-refractivity contribution in [3.63, 3.8) is 0 Å². The normalized spacial score (nSPS) is 23.4. The Morgan fingerprint density at radius 3 is 1.84 bits per heavy atom. The van der Waals surface area contributed by atoms with Crippen molar-refractivity contribution in [2.24, 2.45) is 5.73 Å². The van der Waals surface area contributed by atoms with Gasteiger partial charge in [0, 0.05) is 13.0 Å². The van der Waals surface area contributed by atoms with Gasteiger partial charge in [0.15, 0.2) is 0 Å². The highest BCUT2D eigenvalue weighted by Crippen LogP contribution is 2.36. The molecule has 0 aromatic heterocycles. The zero-order valence-corrected chi connectivity index (χ0v) is 9.23. The molecule has 1 atom stereocenters. The van der Waals surface area contributed by atoms with E-state index < -0.39 is 36.3 Å². The second-order valence-corrected chi connectivity index (χ2v) is 3.64. The molecule has 0 aliphatic carbocycles. The fraction of sp³-hybridized carbons (Fsp3) is 0.750. The summed E-state index contributed by atoms with van der Waals surface area (Å²) in [4.78, 5) is 19.5. The van der Waals surface area contributed by atoms with Crippen LogP contribution in [0.2, 0.25) is 0 Å². The molecule has 1 unspecified atom stereocenters. The first kappa shape index (κ1) is 17.5. The lowest BCUT2D eigenvalue weighted by Gasteiger charge is -2.29. The molecule has 19 heavy (non-hydrogen) atoms. The number of nitrogens with two attached hydrogens (primary N) is 1. The van der Waals surface area contributed by atoms with E-state index in [1.165, 1.54) is 0 Å². The highest BCUT2D eigenvalue weighted by atomic mass is 19.4. The van der Waals surface area contributed by atoms with E-state index in [1.54, 1.807) is 0 Å². The summed E-state index contributed by atoms with van der Waals surface area (Å²) in [5.41, 5.74) is 2.81. The SMILES string of the molecule is NCC1(C(F)(F)F)CCC(=O)N1.O=C(O)C(F)(F)F. The molecule has 112 valence electrons. The second kappa shape index (κ2) is 5.63. The monoisotopic (exact) mass is 296 g/mol. The lowest BCUT2D eigenvalue weighted by atomic mass is 9.97. The van der Waals surface area contributed by atoms with Crippen LogP contribution in [0.1, 0.15) is 12.8 Å². The van der Waals surface area contributed by atoms with E-state index in [2.05, 4.69) is 0 Å². The maximum absolute atomic E-state index is 12.3. The van der Waals surface area contributed by atoms with Crippen molar-refractivity contribution in [3.8, 4) is 0 Å². The Morgan fingerprint density at radius 1 is 1.32 bits per heavy atom. The van der Waals surface area contributed by atoms with Crippen LogP contribution in [-0.4, -0.2) is 41.4 Å². The van der Waals surface area contributed by atoms with E-state index >= 15 is 0 Å². The summed E-state index contributed by atoms with van der Waals surface area (Å²) in [5.74, 6) is -3.34. The van der Waals surface area contributed by atoms with Gasteiger partial charge in [0.25, 0.3) is 0 Å². The minimum Gasteiger partial charge on any atom is -0.475 e. The highest BCUT2D eigenvalue weighted by Gasteiger charge is 2.57. The molecule has 1 amide bonds. The number of carboxylic acids is 1. The Kier molecular flexibility index (Phi) is 5.18. The smallest absolute Gasteiger partial charge is 0.475 e. The molecule has 0 bridgehead atoms. The molecule has 1 saturated heterocycles. The van der Waals surface area contributed by atoms with Gasteiger partial charge < -0.3 is 16.2 Å². The van der Waals surface area contributed by atoms with Gasteiger partial charge in [0.05, 0.1) is 0 Å². The topological polar surface area (TPSA) is 92.4 Å². The molecule has 0 spiro atoms. The van der Waals surface area contributed by atoms with Crippen LogP contribution in [-0.2, 0) is 9.59 Å². The first-order chi connectivity index (χ1) is 8.35. The second-order valence-electron chi connectivity index (χ2n) is 3.64. The van der Waals surface area contributed by atoms with Crippen LogP contribution in [0.15, 0.2) is 0 Å². The quantitative estimate of drug-likeness (QED) is 0.624. The van der Waals surface area contributed by atoms with Gasteiger partial charge in [-0.1, -0.05) is 0 Å². The summed E-state index contributed by atoms with van der Waals surface area (Å²) in [6, 6.07) is 0. The van der Waals surface area contributed by atoms with Gasteiger partial charge in [-0.25, -0.2) is 4.79 Å². The van der Waals surface area contributed by atoms with E-state index in [0.717, 1.165) is 0 Å². The average molecular weight is 296 g/mol. The number of carboxylic acid groups (broad SMARTS) is 1. The summed E-state index contributed by atoms with van der Waals surface area (Å²) in [5, 5.41) is 8.99. The summed E-state index contributed by atoms with van der Waals surface area (Å²) in [7, 11) is 0. The van der Waals surface area contributed by atoms with Gasteiger partial charge >= 0.3 is 18.3 Å². The lowest BCUT2D eigenvalue weighted by molar-refractivity contribution is -0.192. The Bertz CT molecular complexity index is 353. The number of carbonyl (C=O) groups is 2. The number of rotatable bonds is 1. The van der Waals surface area contributed by atoms with Crippen LogP contribution in [0, 0.1) is 0 Å². The lowest BCUT2D eigenvalue weighted by Crippen LogP contribution is -2.58. The molecule has 1 rings (SSSR count). The van der Waals surface area contributed by atoms with Crippen molar-refractivity contribution in [1.29, 1.82) is 0 Å². The van der Waals surface area contributed by atoms with Gasteiger partial charge in [0.2, 0.25) is 5.91 Å². The molecule has 1 fully saturated rings. The van der Waals surface area contributed by atoms with Crippen molar-refractivity contribution < 1.29 is 41.0 Å². The highest BCUT2D eigenvalue weighted by molar-refractivity contribution is 5.79. The van der Waals surface area contributed by atoms with Crippen molar-refractivity contribution >= 4 is 11.9 Å². The Labute approximate surface area is 102 Å². The first-order valence-electron chi connectivity index (χ1n) is 4.73. The third-order valence-corrected chi connectivity index (χ3v) is 2.29. The summed E-state index contributed by atoms with van der Waals surface area (Å²) in [6.45, 7) is -0.595. The molecular formula is C8H10F6N2O3. The molecule has 5 nitrogen and oxygen atoms in total. The van der Waals surface area contributed by atoms with Gasteiger partial charge in [-0.2, -0.15) is 26.3 Å². The van der Waals surface area contributed by atoms with Crippen LogP contribution >= 0.6 is 0 Å². The number of nitrogens with one attached hydrogen (secondary N) is 1. The van der Waals surface area contributed by atoms with E-state index in [9.17, 15) is 31.1 Å². The summed E-state index contributed by atoms with van der Waals surface area (Å²) in [6.07, 6.45) is -9.89. The van der Waals surface area contributed by atoms with Gasteiger partial charge in [0.1, 0.15) is 5.54 Å². The predicted octanol–water partition coefficient (Wildman–Crippen LogP) is 0.790. The maximum Gasteiger partial charge on any atom is 0.490 e. The maximum atomic E-state index is 12.3. The predicted molar refractivity (Wildman–Crippen MR) is 48.9 cm³/mol. The molecule has 1 heterocycles. The number of halogens is 6. The van der Waals surface area contributed by atoms with Crippen LogP contribution < -0.4 is 11.1 Å². The molecule has 0 aromatic rings. The molecule has 0 aromatic carbocycles. The molecular weight excluding hydrogens is 286 g/mol. The third-order valence-electron chi connectivity index (χ3n) is 2.29. The minimum atomic E-state index is -5.08. The van der Waals surface area contributed by atoms with Crippen LogP contribution in [0.4, 0.5) is 26.3 Å². The number of hydrogen-bond acceptors (Lipinski definition) is 3. The Hall–Kier alpha value is -1.52.